The number of hydrogen-bond acceptors (Lipinski definition) is 1. The Balaban J connectivity index is 3.26. The molecule has 0 aliphatic rings. The first kappa shape index (κ1) is 10.4. The maximum Gasteiger partial charge on any atom is 0.415 e. The summed E-state index contributed by atoms with van der Waals surface area (Å²) in [5.41, 5.74) is -0.959. The van der Waals surface area contributed by atoms with Crippen molar-refractivity contribution in [3.63, 3.8) is 0 Å². The Labute approximate surface area is 78.7 Å². The number of ether oxygens (including phenoxy) is 1. The molecule has 0 bridgehead atoms. The molecule has 14 heavy (non-hydrogen) atoms. The lowest BCUT2D eigenvalue weighted by Gasteiger charge is -2.08. The molecule has 5 heteroatoms. The number of alkyl halides is 3. The van der Waals surface area contributed by atoms with Gasteiger partial charge in [-0.05, 0) is 18.2 Å². The van der Waals surface area contributed by atoms with Gasteiger partial charge in [-0.3, -0.25) is 0 Å². The number of rotatable bonds is 1. The number of nitrogens with zero attached hydrogens (tertiary/aromatic N) is 1. The summed E-state index contributed by atoms with van der Waals surface area (Å²) >= 11 is 0. The second-order valence-electron chi connectivity index (χ2n) is 2.53. The monoisotopic (exact) mass is 201 g/mol. The third kappa shape index (κ3) is 2.16. The van der Waals surface area contributed by atoms with E-state index in [9.17, 15) is 13.2 Å². The van der Waals surface area contributed by atoms with Crippen molar-refractivity contribution >= 4 is 5.69 Å². The molecule has 0 aliphatic carbocycles. The van der Waals surface area contributed by atoms with Crippen LogP contribution in [0.15, 0.2) is 18.2 Å². The van der Waals surface area contributed by atoms with Crippen LogP contribution in [0.25, 0.3) is 4.85 Å². The van der Waals surface area contributed by atoms with Crippen LogP contribution in [0.2, 0.25) is 0 Å². The van der Waals surface area contributed by atoms with Crippen LogP contribution >= 0.6 is 0 Å². The van der Waals surface area contributed by atoms with Gasteiger partial charge in [-0.25, -0.2) is 4.85 Å². The van der Waals surface area contributed by atoms with E-state index in [1.807, 2.05) is 0 Å². The van der Waals surface area contributed by atoms with E-state index in [1.54, 1.807) is 0 Å². The molecule has 0 radical (unpaired) electrons. The topological polar surface area (TPSA) is 13.6 Å². The van der Waals surface area contributed by atoms with E-state index in [0.717, 1.165) is 12.1 Å². The standard InChI is InChI=1S/C9H6F3NO/c1-13-7-3-6(9(10,11)12)4-8(5-7)14-2/h3-5H,2H3. The quantitative estimate of drug-likeness (QED) is 0.636. The van der Waals surface area contributed by atoms with E-state index in [1.165, 1.54) is 13.2 Å². The van der Waals surface area contributed by atoms with Crippen molar-refractivity contribution in [3.05, 3.63) is 35.2 Å². The van der Waals surface area contributed by atoms with Gasteiger partial charge in [-0.1, -0.05) is 0 Å². The Kier molecular flexibility index (Phi) is 2.65. The molecule has 0 unspecified atom stereocenters. The predicted molar refractivity (Wildman–Crippen MR) is 44.3 cm³/mol. The smallest absolute Gasteiger partial charge is 0.415 e. The average molecular weight is 201 g/mol. The Morgan fingerprint density at radius 1 is 1.29 bits per heavy atom. The number of halogens is 3. The zero-order chi connectivity index (χ0) is 10.8. The molecule has 1 rings (SSSR count). The first-order valence-corrected chi connectivity index (χ1v) is 3.61. The second kappa shape index (κ2) is 3.58. The fraction of sp³-hybridized carbons (Fsp3) is 0.222. The first-order valence-electron chi connectivity index (χ1n) is 3.61. The fourth-order valence-corrected chi connectivity index (χ4v) is 0.929. The largest absolute Gasteiger partial charge is 0.498 e. The van der Waals surface area contributed by atoms with Gasteiger partial charge in [0.05, 0.1) is 13.7 Å². The fourth-order valence-electron chi connectivity index (χ4n) is 0.929. The maximum absolute atomic E-state index is 12.3. The van der Waals surface area contributed by atoms with E-state index < -0.39 is 11.7 Å². The Morgan fingerprint density at radius 2 is 1.93 bits per heavy atom. The average Bonchev–Trinajstić information content (AvgIpc) is 2.15. The van der Waals surface area contributed by atoms with Crippen LogP contribution in [0.1, 0.15) is 5.56 Å². The Hall–Kier alpha value is -1.70. The summed E-state index contributed by atoms with van der Waals surface area (Å²) in [6.45, 7) is 6.62. The van der Waals surface area contributed by atoms with Crippen molar-refractivity contribution in [2.24, 2.45) is 0 Å². The minimum Gasteiger partial charge on any atom is -0.498 e. The third-order valence-corrected chi connectivity index (χ3v) is 1.58. The van der Waals surface area contributed by atoms with Crippen molar-refractivity contribution in [2.45, 2.75) is 6.18 Å². The van der Waals surface area contributed by atoms with E-state index in [4.69, 9.17) is 6.57 Å². The third-order valence-electron chi connectivity index (χ3n) is 1.58. The molecule has 0 heterocycles. The molecule has 0 fully saturated rings. The van der Waals surface area contributed by atoms with Gasteiger partial charge in [-0.15, -0.1) is 0 Å². The van der Waals surface area contributed by atoms with Crippen LogP contribution in [0.4, 0.5) is 18.9 Å². The van der Waals surface area contributed by atoms with Gasteiger partial charge in [0.1, 0.15) is 5.75 Å². The van der Waals surface area contributed by atoms with Gasteiger partial charge in [0, 0.05) is 5.56 Å². The van der Waals surface area contributed by atoms with Gasteiger partial charge in [-0.2, -0.15) is 13.2 Å². The summed E-state index contributed by atoms with van der Waals surface area (Å²) in [5.74, 6) is 0.0332. The van der Waals surface area contributed by atoms with Crippen molar-refractivity contribution in [1.82, 2.24) is 0 Å². The Bertz CT molecular complexity index is 379. The summed E-state index contributed by atoms with van der Waals surface area (Å²) in [7, 11) is 1.25. The Morgan fingerprint density at radius 3 is 2.36 bits per heavy atom. The predicted octanol–water partition coefficient (Wildman–Crippen LogP) is 3.26. The molecule has 74 valence electrons. The molecule has 2 nitrogen and oxygen atoms in total. The molecular formula is C9H6F3NO. The SMILES string of the molecule is [C-]#[N+]c1cc(OC)cc(C(F)(F)F)c1. The molecule has 0 spiro atoms. The van der Waals surface area contributed by atoms with Crippen LogP contribution in [-0.2, 0) is 6.18 Å². The van der Waals surface area contributed by atoms with Crippen LogP contribution in [0.5, 0.6) is 5.75 Å². The van der Waals surface area contributed by atoms with Crippen molar-refractivity contribution in [3.8, 4) is 5.75 Å². The second-order valence-corrected chi connectivity index (χ2v) is 2.53. The number of benzene rings is 1. The van der Waals surface area contributed by atoms with Gasteiger partial charge in [0.25, 0.3) is 0 Å². The highest BCUT2D eigenvalue weighted by atomic mass is 19.4. The highest BCUT2D eigenvalue weighted by Gasteiger charge is 2.31. The number of methoxy groups -OCH3 is 1. The highest BCUT2D eigenvalue weighted by molar-refractivity contribution is 5.52. The molecule has 0 aromatic heterocycles. The molecule has 0 N–H and O–H groups in total. The zero-order valence-electron chi connectivity index (χ0n) is 7.22. The molecule has 0 aliphatic heterocycles. The summed E-state index contributed by atoms with van der Waals surface area (Å²) in [5, 5.41) is 0. The molecule has 0 saturated carbocycles. The van der Waals surface area contributed by atoms with Gasteiger partial charge < -0.3 is 4.74 Å². The van der Waals surface area contributed by atoms with Gasteiger partial charge >= 0.3 is 6.18 Å². The van der Waals surface area contributed by atoms with Crippen molar-refractivity contribution in [2.75, 3.05) is 7.11 Å². The minimum atomic E-state index is -4.45. The van der Waals surface area contributed by atoms with E-state index in [-0.39, 0.29) is 11.4 Å². The first-order chi connectivity index (χ1) is 6.47. The maximum atomic E-state index is 12.3. The van der Waals surface area contributed by atoms with Crippen molar-refractivity contribution < 1.29 is 17.9 Å². The van der Waals surface area contributed by atoms with Crippen molar-refractivity contribution in [1.29, 1.82) is 0 Å². The van der Waals surface area contributed by atoms with Gasteiger partial charge in [0.15, 0.2) is 5.69 Å². The summed E-state index contributed by atoms with van der Waals surface area (Å²) in [6.07, 6.45) is -4.45. The minimum absolute atomic E-state index is 0.0332. The van der Waals surface area contributed by atoms with Crippen LogP contribution in [0, 0.1) is 6.57 Å². The molecule has 1 aromatic rings. The summed E-state index contributed by atoms with van der Waals surface area (Å²) in [6, 6.07) is 2.90. The highest BCUT2D eigenvalue weighted by Crippen LogP contribution is 2.34. The summed E-state index contributed by atoms with van der Waals surface area (Å²) < 4.78 is 41.4. The summed E-state index contributed by atoms with van der Waals surface area (Å²) in [4.78, 5) is 2.92. The lowest BCUT2D eigenvalue weighted by atomic mass is 10.2. The molecule has 0 atom stereocenters. The van der Waals surface area contributed by atoms with Crippen LogP contribution in [0.3, 0.4) is 0 Å². The van der Waals surface area contributed by atoms with Gasteiger partial charge in [0.2, 0.25) is 0 Å². The lowest BCUT2D eigenvalue weighted by Crippen LogP contribution is -2.04. The number of hydrogen-bond donors (Lipinski definition) is 0. The molecular weight excluding hydrogens is 195 g/mol. The zero-order valence-corrected chi connectivity index (χ0v) is 7.22. The van der Waals surface area contributed by atoms with E-state index in [0.29, 0.717) is 0 Å². The van der Waals surface area contributed by atoms with E-state index in [2.05, 4.69) is 9.58 Å². The molecule has 0 saturated heterocycles. The normalized spacial score (nSPS) is 10.8. The lowest BCUT2D eigenvalue weighted by molar-refractivity contribution is -0.137. The van der Waals surface area contributed by atoms with Crippen LogP contribution < -0.4 is 4.74 Å². The van der Waals surface area contributed by atoms with Crippen LogP contribution in [-0.4, -0.2) is 7.11 Å². The van der Waals surface area contributed by atoms with E-state index >= 15 is 0 Å². The molecule has 0 amide bonds. The molecule has 1 aromatic carbocycles.